The summed E-state index contributed by atoms with van der Waals surface area (Å²) < 4.78 is 0. The molecule has 0 N–H and O–H groups in total. The Kier molecular flexibility index (Phi) is 4.64. The number of hydrogen-bond donors (Lipinski definition) is 0. The van der Waals surface area contributed by atoms with Crippen molar-refractivity contribution in [3.8, 4) is 0 Å². The number of amidine groups is 1. The first kappa shape index (κ1) is 15.7. The van der Waals surface area contributed by atoms with Crippen LogP contribution in [-0.2, 0) is 4.79 Å². The Morgan fingerprint density at radius 1 is 0.955 bits per heavy atom. The summed E-state index contributed by atoms with van der Waals surface area (Å²) >= 11 is 19.0. The number of carbonyl (C=O) groups is 1. The quantitative estimate of drug-likeness (QED) is 0.528. The van der Waals surface area contributed by atoms with Crippen LogP contribution in [0.2, 0.25) is 10.0 Å². The number of hydrogen-bond acceptors (Lipinski definition) is 3. The average molecular weight is 372 g/mol. The van der Waals surface area contributed by atoms with E-state index in [-0.39, 0.29) is 5.12 Å². The molecule has 22 heavy (non-hydrogen) atoms. The number of thioether (sulfide) groups is 1. The molecule has 1 aliphatic rings. The van der Waals surface area contributed by atoms with Gasteiger partial charge in [0, 0.05) is 15.7 Å². The van der Waals surface area contributed by atoms with Crippen molar-refractivity contribution in [3.63, 3.8) is 0 Å². The van der Waals surface area contributed by atoms with Gasteiger partial charge in [0.25, 0.3) is 0 Å². The van der Waals surface area contributed by atoms with E-state index in [4.69, 9.17) is 34.8 Å². The van der Waals surface area contributed by atoms with E-state index >= 15 is 0 Å². The molecule has 3 nitrogen and oxygen atoms in total. The van der Waals surface area contributed by atoms with E-state index in [1.165, 1.54) is 0 Å². The number of anilines is 1. The number of alkyl halides is 1. The second-order valence-electron chi connectivity index (χ2n) is 4.47. The smallest absolute Gasteiger partial charge is 0.234 e. The summed E-state index contributed by atoms with van der Waals surface area (Å²) in [5.41, 5.74) is 0.664. The van der Waals surface area contributed by atoms with Crippen molar-refractivity contribution >= 4 is 68.2 Å². The first-order chi connectivity index (χ1) is 10.5. The molecule has 0 amide bonds. The Morgan fingerprint density at radius 2 is 1.50 bits per heavy atom. The van der Waals surface area contributed by atoms with Gasteiger partial charge in [-0.25, -0.2) is 4.99 Å². The normalized spacial score (nSPS) is 20.0. The Bertz CT molecular complexity index is 731. The van der Waals surface area contributed by atoms with Gasteiger partial charge in [-0.3, -0.25) is 9.69 Å². The van der Waals surface area contributed by atoms with Gasteiger partial charge in [0.05, 0.1) is 5.69 Å². The number of carbonyl (C=O) groups excluding carboxylic acids is 1. The van der Waals surface area contributed by atoms with Crippen LogP contribution < -0.4 is 4.90 Å². The van der Waals surface area contributed by atoms with Crippen LogP contribution in [0.15, 0.2) is 53.5 Å². The van der Waals surface area contributed by atoms with Gasteiger partial charge in [0.2, 0.25) is 5.12 Å². The van der Waals surface area contributed by atoms with Gasteiger partial charge in [0.1, 0.15) is 0 Å². The second-order valence-corrected chi connectivity index (χ2v) is 6.73. The second kappa shape index (κ2) is 6.50. The maximum absolute atomic E-state index is 11.9. The molecule has 0 bridgehead atoms. The molecule has 2 aromatic carbocycles. The highest BCUT2D eigenvalue weighted by Gasteiger charge is 2.37. The monoisotopic (exact) mass is 370 g/mol. The zero-order chi connectivity index (χ0) is 15.7. The van der Waals surface area contributed by atoms with E-state index in [0.29, 0.717) is 20.9 Å². The fourth-order valence-electron chi connectivity index (χ4n) is 1.94. The maximum atomic E-state index is 11.9. The summed E-state index contributed by atoms with van der Waals surface area (Å²) in [4.78, 5) is 18.1. The molecule has 0 aromatic heterocycles. The summed E-state index contributed by atoms with van der Waals surface area (Å²) in [5, 5.41) is 1.60. The van der Waals surface area contributed by atoms with Gasteiger partial charge in [-0.1, -0.05) is 34.8 Å². The van der Waals surface area contributed by atoms with Crippen LogP contribution in [0.3, 0.4) is 0 Å². The molecule has 1 aliphatic heterocycles. The van der Waals surface area contributed by atoms with E-state index in [2.05, 4.69) is 4.99 Å². The van der Waals surface area contributed by atoms with Crippen molar-refractivity contribution in [3.05, 3.63) is 58.6 Å². The number of aliphatic imine (C=N–C) groups is 1. The molecule has 1 fully saturated rings. The highest BCUT2D eigenvalue weighted by Crippen LogP contribution is 2.35. The Morgan fingerprint density at radius 3 is 2.09 bits per heavy atom. The lowest BCUT2D eigenvalue weighted by Gasteiger charge is -2.20. The molecule has 1 saturated heterocycles. The predicted molar refractivity (Wildman–Crippen MR) is 94.7 cm³/mol. The number of benzene rings is 2. The van der Waals surface area contributed by atoms with Crippen molar-refractivity contribution in [1.82, 2.24) is 0 Å². The van der Waals surface area contributed by atoms with Crippen LogP contribution in [0, 0.1) is 0 Å². The minimum Gasteiger partial charge on any atom is -0.296 e. The van der Waals surface area contributed by atoms with Crippen LogP contribution in [-0.4, -0.2) is 15.8 Å². The van der Waals surface area contributed by atoms with Gasteiger partial charge >= 0.3 is 0 Å². The predicted octanol–water partition coefficient (Wildman–Crippen LogP) is 5.33. The summed E-state index contributed by atoms with van der Waals surface area (Å²) in [7, 11) is 0. The molecular formula is C15H9Cl3N2OS. The van der Waals surface area contributed by atoms with Gasteiger partial charge in [-0.05, 0) is 60.3 Å². The Hall–Kier alpha value is -1.20. The maximum Gasteiger partial charge on any atom is 0.234 e. The van der Waals surface area contributed by atoms with Crippen LogP contribution >= 0.6 is 46.6 Å². The van der Waals surface area contributed by atoms with Gasteiger partial charge in [-0.15, -0.1) is 0 Å². The fraction of sp³-hybridized carbons (Fsp3) is 0.0667. The van der Waals surface area contributed by atoms with Crippen LogP contribution in [0.5, 0.6) is 0 Å². The summed E-state index contributed by atoms with van der Waals surface area (Å²) in [6.45, 7) is 0. The standard InChI is InChI=1S/C15H9Cl3N2OS/c16-9-1-5-11(6-2-9)19-15-20(13(18)14(21)22-15)12-7-3-10(17)4-8-12/h1-8,13H/t13-/m0/s1. The molecule has 0 aliphatic carbocycles. The topological polar surface area (TPSA) is 32.7 Å². The molecule has 0 unspecified atom stereocenters. The fourth-order valence-corrected chi connectivity index (χ4v) is 3.43. The average Bonchev–Trinajstić information content (AvgIpc) is 2.77. The molecule has 7 heteroatoms. The minimum absolute atomic E-state index is 0.163. The van der Waals surface area contributed by atoms with Crippen molar-refractivity contribution in [2.75, 3.05) is 4.90 Å². The third-order valence-electron chi connectivity index (χ3n) is 2.98. The van der Waals surface area contributed by atoms with Crippen molar-refractivity contribution in [2.24, 2.45) is 4.99 Å². The largest absolute Gasteiger partial charge is 0.296 e. The van der Waals surface area contributed by atoms with Gasteiger partial charge < -0.3 is 0 Å². The first-order valence-corrected chi connectivity index (χ1v) is 8.30. The van der Waals surface area contributed by atoms with E-state index in [0.717, 1.165) is 17.4 Å². The molecule has 1 atom stereocenters. The van der Waals surface area contributed by atoms with Crippen molar-refractivity contribution in [2.45, 2.75) is 5.50 Å². The van der Waals surface area contributed by atoms with E-state index in [1.54, 1.807) is 53.4 Å². The third kappa shape index (κ3) is 3.25. The zero-order valence-corrected chi connectivity index (χ0v) is 14.1. The van der Waals surface area contributed by atoms with Crippen LogP contribution in [0.25, 0.3) is 0 Å². The van der Waals surface area contributed by atoms with E-state index in [1.807, 2.05) is 0 Å². The molecular weight excluding hydrogens is 363 g/mol. The van der Waals surface area contributed by atoms with Crippen molar-refractivity contribution < 1.29 is 4.79 Å². The summed E-state index contributed by atoms with van der Waals surface area (Å²) in [6, 6.07) is 14.1. The lowest BCUT2D eigenvalue weighted by atomic mass is 10.3. The Labute approximate surface area is 146 Å². The number of rotatable bonds is 2. The first-order valence-electron chi connectivity index (χ1n) is 6.29. The third-order valence-corrected chi connectivity index (χ3v) is 4.90. The minimum atomic E-state index is -0.794. The molecule has 0 saturated carbocycles. The lowest BCUT2D eigenvalue weighted by molar-refractivity contribution is -0.110. The highest BCUT2D eigenvalue weighted by atomic mass is 35.5. The summed E-state index contributed by atoms with van der Waals surface area (Å²) in [5.74, 6) is 0. The van der Waals surface area contributed by atoms with Gasteiger partial charge in [-0.2, -0.15) is 0 Å². The molecule has 1 heterocycles. The SMILES string of the molecule is O=C1SC(=Nc2ccc(Cl)cc2)N(c2ccc(Cl)cc2)[C@@H]1Cl. The lowest BCUT2D eigenvalue weighted by Crippen LogP contribution is -2.31. The Balaban J connectivity index is 1.99. The van der Waals surface area contributed by atoms with Crippen LogP contribution in [0.1, 0.15) is 0 Å². The molecule has 0 spiro atoms. The van der Waals surface area contributed by atoms with Gasteiger partial charge in [0.15, 0.2) is 10.7 Å². The highest BCUT2D eigenvalue weighted by molar-refractivity contribution is 8.27. The molecule has 3 rings (SSSR count). The van der Waals surface area contributed by atoms with E-state index < -0.39 is 5.50 Å². The molecule has 112 valence electrons. The van der Waals surface area contributed by atoms with Crippen LogP contribution in [0.4, 0.5) is 11.4 Å². The zero-order valence-electron chi connectivity index (χ0n) is 11.0. The summed E-state index contributed by atoms with van der Waals surface area (Å²) in [6.07, 6.45) is 0. The molecule has 2 aromatic rings. The molecule has 0 radical (unpaired) electrons. The van der Waals surface area contributed by atoms with Crippen molar-refractivity contribution in [1.29, 1.82) is 0 Å². The number of halogens is 3. The number of nitrogens with zero attached hydrogens (tertiary/aromatic N) is 2. The van der Waals surface area contributed by atoms with E-state index in [9.17, 15) is 4.79 Å².